The summed E-state index contributed by atoms with van der Waals surface area (Å²) in [4.78, 5) is 71.2. The molecule has 51 heteroatoms. The first kappa shape index (κ1) is 102. The number of pyridine rings is 1. The van der Waals surface area contributed by atoms with E-state index in [1.54, 1.807) is 49.7 Å². The van der Waals surface area contributed by atoms with E-state index in [4.69, 9.17) is 56.8 Å². The molecule has 3 saturated heterocycles. The second kappa shape index (κ2) is 54.1. The minimum absolute atomic E-state index is 0.00213. The smallest absolute Gasteiger partial charge is 0.237 e. The van der Waals surface area contributed by atoms with Crippen molar-refractivity contribution in [2.75, 3.05) is 125 Å². The summed E-state index contributed by atoms with van der Waals surface area (Å²) < 4.78 is 75.2. The predicted molar refractivity (Wildman–Crippen MR) is 427 cm³/mol. The molecule has 0 radical (unpaired) electrons. The second-order valence-electron chi connectivity index (χ2n) is 29.4. The number of amides is 5. The Bertz CT molecular complexity index is 3890. The van der Waals surface area contributed by atoms with Crippen molar-refractivity contribution in [3.63, 3.8) is 0 Å². The summed E-state index contributed by atoms with van der Waals surface area (Å²) in [5, 5.41) is 173. The summed E-state index contributed by atoms with van der Waals surface area (Å²) in [5.41, 5.74) is 0.000139. The van der Waals surface area contributed by atoms with E-state index in [9.17, 15) is 80.5 Å². The minimum Gasteiger partial charge on any atom is -0.394 e. The predicted octanol–water partition coefficient (Wildman–Crippen LogP) is -7.90. The van der Waals surface area contributed by atoms with Gasteiger partial charge in [-0.25, -0.2) is 23.7 Å². The molecule has 3 fully saturated rings. The molecule has 18 unspecified atom stereocenters. The van der Waals surface area contributed by atoms with Gasteiger partial charge >= 0.3 is 0 Å². The summed E-state index contributed by atoms with van der Waals surface area (Å²) in [7, 11) is 2.98. The Balaban J connectivity index is 0.965. The number of unbranched alkanes of at least 4 members (excludes halogenated alkanes) is 1. The topological polar surface area (TPSA) is 641 Å². The molecule has 0 spiro atoms. The van der Waals surface area contributed by atoms with Crippen LogP contribution in [0.25, 0.3) is 0 Å². The summed E-state index contributed by atoms with van der Waals surface area (Å²) in [6.07, 6.45) is -10.4. The van der Waals surface area contributed by atoms with Crippen LogP contribution >= 0.6 is 21.6 Å². The average molecular weight is 1810 g/mol. The highest BCUT2D eigenvalue weighted by atomic mass is 33.1. The molecule has 49 nitrogen and oxygen atoms in total. The monoisotopic (exact) mass is 1800 g/mol. The molecule has 0 saturated carbocycles. The molecule has 5 amide bonds. The van der Waals surface area contributed by atoms with Gasteiger partial charge < -0.3 is 145 Å². The number of aliphatic hydroxyl groups is 12. The molecule has 124 heavy (non-hydrogen) atoms. The fraction of sp³-hybridized carbons (Fsp3) is 0.753. The zero-order valence-corrected chi connectivity index (χ0v) is 71.4. The molecule has 5 aromatic rings. The number of carbonyl (C=O) groups is 5. The van der Waals surface area contributed by atoms with Gasteiger partial charge in [-0.2, -0.15) is 0 Å². The molecule has 0 aliphatic carbocycles. The highest BCUT2D eigenvalue weighted by Gasteiger charge is 2.50. The first-order valence-electron chi connectivity index (χ1n) is 40.6. The Kier molecular flexibility index (Phi) is 44.6. The van der Waals surface area contributed by atoms with E-state index in [0.717, 1.165) is 5.03 Å². The Labute approximate surface area is 722 Å². The van der Waals surface area contributed by atoms with E-state index in [2.05, 4.69) is 77.7 Å². The molecular formula is C73H120N20O29S2. The Morgan fingerprint density at radius 1 is 0.589 bits per heavy atom. The molecule has 3 aliphatic rings. The van der Waals surface area contributed by atoms with Crippen molar-refractivity contribution in [2.24, 2.45) is 0 Å². The van der Waals surface area contributed by atoms with Gasteiger partial charge in [0, 0.05) is 104 Å². The minimum atomic E-state index is -2.10. The number of rotatable bonds is 60. The van der Waals surface area contributed by atoms with Crippen LogP contribution in [0.5, 0.6) is 0 Å². The van der Waals surface area contributed by atoms with Gasteiger partial charge in [-0.15, -0.1) is 20.4 Å². The molecule has 17 N–H and O–H groups in total. The SMILES string of the molecule is CC(=O)NC(O)C(OCCOCCn1cc(CN(CCCC[C@H](C(=O)NCCSSc2ccccn2)N(Cc2cn(CCOCCOC3OC(CO)C(O)C(O)C3NC(C)=O)nn2)Cc2cn(CCOCCOC3OC(CO)C(O)CC3(O)NC(C)=O)nn2)Cc2cn(CCOCCOC3OC(CO)C(O)C(O)C3NC(C)=O)nn2)nn1)OC(CO)C(C)O. The number of hydrogen-bond donors (Lipinski definition) is 17. The van der Waals surface area contributed by atoms with Crippen LogP contribution in [0.3, 0.4) is 0 Å². The lowest BCUT2D eigenvalue weighted by Crippen LogP contribution is -2.65. The quantitative estimate of drug-likeness (QED) is 0.00977. The third kappa shape index (κ3) is 34.4. The largest absolute Gasteiger partial charge is 0.394 e. The molecule has 0 aromatic carbocycles. The maximum Gasteiger partial charge on any atom is 0.237 e. The molecule has 5 aromatic heterocycles. The third-order valence-electron chi connectivity index (χ3n) is 19.3. The number of ether oxygens (including phenoxy) is 12. The fourth-order valence-corrected chi connectivity index (χ4v) is 15.0. The first-order chi connectivity index (χ1) is 59.7. The summed E-state index contributed by atoms with van der Waals surface area (Å²) in [5.74, 6) is -1.97. The molecule has 19 atom stereocenters. The van der Waals surface area contributed by atoms with Gasteiger partial charge in [0.1, 0.15) is 65.9 Å². The van der Waals surface area contributed by atoms with E-state index in [0.29, 0.717) is 54.3 Å². The van der Waals surface area contributed by atoms with Crippen LogP contribution in [0.1, 0.15) is 83.1 Å². The Morgan fingerprint density at radius 2 is 1.07 bits per heavy atom. The number of aliphatic hydroxyl groups excluding tert-OH is 11. The van der Waals surface area contributed by atoms with E-state index >= 15 is 4.79 Å². The van der Waals surface area contributed by atoms with Crippen LogP contribution < -0.4 is 26.6 Å². The normalized spacial score (nSPS) is 24.2. The summed E-state index contributed by atoms with van der Waals surface area (Å²) in [6.45, 7) is 6.31. The van der Waals surface area contributed by atoms with Crippen molar-refractivity contribution in [3.8, 4) is 0 Å². The zero-order chi connectivity index (χ0) is 89.5. The third-order valence-corrected chi connectivity index (χ3v) is 21.6. The van der Waals surface area contributed by atoms with Gasteiger partial charge in [0.25, 0.3) is 0 Å². The highest BCUT2D eigenvalue weighted by Crippen LogP contribution is 2.31. The van der Waals surface area contributed by atoms with Gasteiger partial charge in [0.2, 0.25) is 42.1 Å². The lowest BCUT2D eigenvalue weighted by molar-refractivity contribution is -0.316. The number of nitrogens with zero attached hydrogens (tertiary/aromatic N) is 15. The molecule has 3 aliphatic heterocycles. The van der Waals surface area contributed by atoms with Crippen LogP contribution in [0, 0.1) is 0 Å². The summed E-state index contributed by atoms with van der Waals surface area (Å²) in [6, 6.07) is 2.48. The van der Waals surface area contributed by atoms with Crippen LogP contribution in [0.2, 0.25) is 0 Å². The number of carbonyl (C=O) groups excluding carboxylic acids is 5. The van der Waals surface area contributed by atoms with Gasteiger partial charge in [0.05, 0.1) is 173 Å². The Hall–Kier alpha value is -7.28. The van der Waals surface area contributed by atoms with Crippen molar-refractivity contribution in [3.05, 3.63) is 72.0 Å². The van der Waals surface area contributed by atoms with Crippen molar-refractivity contribution in [1.29, 1.82) is 0 Å². The van der Waals surface area contributed by atoms with Gasteiger partial charge in [-0.1, -0.05) is 44.1 Å². The van der Waals surface area contributed by atoms with Crippen LogP contribution in [0.4, 0.5) is 0 Å². The molecule has 8 rings (SSSR count). The van der Waals surface area contributed by atoms with E-state index in [1.165, 1.54) is 56.2 Å². The van der Waals surface area contributed by atoms with Crippen LogP contribution in [0.15, 0.2) is 54.2 Å². The maximum atomic E-state index is 15.1. The fourth-order valence-electron chi connectivity index (χ4n) is 13.2. The highest BCUT2D eigenvalue weighted by molar-refractivity contribution is 8.76. The van der Waals surface area contributed by atoms with Crippen molar-refractivity contribution < 1.29 is 142 Å². The maximum absolute atomic E-state index is 15.1. The number of hydrogen-bond acceptors (Lipinski definition) is 42. The summed E-state index contributed by atoms with van der Waals surface area (Å²) >= 11 is 0. The zero-order valence-electron chi connectivity index (χ0n) is 69.8. The van der Waals surface area contributed by atoms with Gasteiger partial charge in [-0.05, 0) is 49.2 Å². The molecular weight excluding hydrogens is 1690 g/mol. The second-order valence-corrected chi connectivity index (χ2v) is 31.8. The molecule has 8 heterocycles. The van der Waals surface area contributed by atoms with E-state index in [1.807, 2.05) is 23.1 Å². The van der Waals surface area contributed by atoms with Gasteiger partial charge in [-0.3, -0.25) is 33.8 Å². The lowest BCUT2D eigenvalue weighted by atomic mass is 9.97. The molecule has 0 bridgehead atoms. The lowest BCUT2D eigenvalue weighted by Gasteiger charge is -2.44. The van der Waals surface area contributed by atoms with E-state index < -0.39 is 166 Å². The van der Waals surface area contributed by atoms with Crippen LogP contribution in [-0.4, -0.2) is 406 Å². The number of nitrogens with one attached hydrogen (secondary N) is 5. The van der Waals surface area contributed by atoms with Crippen LogP contribution in [-0.2, 0) is 133 Å². The van der Waals surface area contributed by atoms with Crippen molar-refractivity contribution >= 4 is 51.1 Å². The average Bonchev–Trinajstić information content (AvgIpc) is 0.858. The standard InChI is InChI=1S/C73H120N20O29S2/c1-45(98)56(41-94)119-71(68(109)78-48(4)101)117-29-25-113-20-16-91-38-51(81-85-91)34-88(33-50-37-90(84-80-50)15-19-111-23-27-115-69-61(76-46(2)99)65(106)63(104)58(43-96)120-69)14-9-7-10-54(67(108)75-13-31-123-124-60-11-6-8-12-74-60)89(35-52-39-92(86-82-52)17-21-112-24-28-116-70-62(77-47(3)100)66(107)64(105)59(44-97)121-70)36-53-40-93(87-83-53)18-22-114-26-30-118-72-73(110,79-49(5)102)32-55(103)57(42-95)122-72/h6,8,11-12,37-40,45,54-59,61-66,68-72,94-98,103-107,109-110H,7,9-10,13-36,41-44H2,1-5H3,(H,75,108)(H,76,99)(H,77,100)(H,78,101)(H,79,102)/t45?,54-,55?,56?,57?,58?,59?,61?,62?,63?,64?,65?,66?,68?,69?,70?,71?,72?,73?/m1/s1. The first-order valence-corrected chi connectivity index (χ1v) is 42.9. The molecule has 698 valence electrons. The Morgan fingerprint density at radius 3 is 1.52 bits per heavy atom. The number of aromatic nitrogens is 13. The van der Waals surface area contributed by atoms with E-state index in [-0.39, 0.29) is 151 Å². The van der Waals surface area contributed by atoms with Crippen molar-refractivity contribution in [1.82, 2.24) is 101 Å². The van der Waals surface area contributed by atoms with Crippen molar-refractivity contribution in [2.45, 2.75) is 234 Å². The van der Waals surface area contributed by atoms with Gasteiger partial charge in [0.15, 0.2) is 24.5 Å².